The number of aryl methyl sites for hydroxylation is 1. The lowest BCUT2D eigenvalue weighted by molar-refractivity contribution is 0.397. The zero-order valence-electron chi connectivity index (χ0n) is 10.6. The first-order chi connectivity index (χ1) is 8.00. The molecule has 2 rings (SSSR count). The summed E-state index contributed by atoms with van der Waals surface area (Å²) in [5, 5.41) is 3.41. The molecule has 4 heteroatoms. The summed E-state index contributed by atoms with van der Waals surface area (Å²) < 4.78 is 5.44. The number of fused-ring (bicyclic) bond motifs is 1. The monoisotopic (exact) mass is 233 g/mol. The van der Waals surface area contributed by atoms with E-state index in [-0.39, 0.29) is 5.54 Å². The van der Waals surface area contributed by atoms with Gasteiger partial charge in [0.05, 0.1) is 0 Å². The summed E-state index contributed by atoms with van der Waals surface area (Å²) in [6.07, 6.45) is 0. The van der Waals surface area contributed by atoms with Crippen LogP contribution in [0.5, 0.6) is 0 Å². The number of hydrogen-bond donors (Lipinski definition) is 2. The minimum atomic E-state index is -0.0469. The first kappa shape index (κ1) is 12.1. The van der Waals surface area contributed by atoms with Gasteiger partial charge in [-0.3, -0.25) is 0 Å². The van der Waals surface area contributed by atoms with E-state index in [4.69, 9.17) is 10.2 Å². The van der Waals surface area contributed by atoms with E-state index in [0.717, 1.165) is 17.6 Å². The van der Waals surface area contributed by atoms with E-state index in [0.29, 0.717) is 12.4 Å². The van der Waals surface area contributed by atoms with E-state index >= 15 is 0 Å². The number of nitrogens with two attached hydrogens (primary N) is 1. The number of benzene rings is 1. The molecule has 0 unspecified atom stereocenters. The average molecular weight is 233 g/mol. The second-order valence-electron chi connectivity index (χ2n) is 4.98. The molecule has 0 aliphatic rings. The molecule has 17 heavy (non-hydrogen) atoms. The summed E-state index contributed by atoms with van der Waals surface area (Å²) in [5.74, 6) is 0.701. The SMILES string of the molecule is Cc1nc2cc(CNC(C)(C)CN)ccc2o1. The van der Waals surface area contributed by atoms with Crippen LogP contribution in [0.4, 0.5) is 0 Å². The molecular formula is C13H19N3O. The predicted molar refractivity (Wildman–Crippen MR) is 68.7 cm³/mol. The van der Waals surface area contributed by atoms with Gasteiger partial charge in [-0.15, -0.1) is 0 Å². The lowest BCUT2D eigenvalue weighted by Gasteiger charge is -2.24. The molecule has 0 fully saturated rings. The summed E-state index contributed by atoms with van der Waals surface area (Å²) in [6, 6.07) is 6.06. The molecule has 0 aliphatic heterocycles. The van der Waals surface area contributed by atoms with Crippen molar-refractivity contribution >= 4 is 11.1 Å². The van der Waals surface area contributed by atoms with Crippen LogP contribution < -0.4 is 11.1 Å². The number of aromatic nitrogens is 1. The molecule has 92 valence electrons. The van der Waals surface area contributed by atoms with Crippen LogP contribution >= 0.6 is 0 Å². The van der Waals surface area contributed by atoms with Crippen LogP contribution in [0.15, 0.2) is 22.6 Å². The standard InChI is InChI=1S/C13H19N3O/c1-9-16-11-6-10(4-5-12(11)17-9)7-15-13(2,3)8-14/h4-6,15H,7-8,14H2,1-3H3. The molecule has 3 N–H and O–H groups in total. The third-order valence-corrected chi connectivity index (χ3v) is 2.84. The minimum Gasteiger partial charge on any atom is -0.441 e. The maximum atomic E-state index is 5.67. The molecule has 2 aromatic rings. The molecule has 0 amide bonds. The van der Waals surface area contributed by atoms with Crippen LogP contribution in [0.1, 0.15) is 25.3 Å². The summed E-state index contributed by atoms with van der Waals surface area (Å²) in [6.45, 7) is 7.43. The first-order valence-corrected chi connectivity index (χ1v) is 5.81. The molecule has 0 radical (unpaired) electrons. The molecule has 1 aromatic carbocycles. The predicted octanol–water partition coefficient (Wildman–Crippen LogP) is 1.96. The summed E-state index contributed by atoms with van der Waals surface area (Å²) in [4.78, 5) is 4.32. The fraction of sp³-hybridized carbons (Fsp3) is 0.462. The van der Waals surface area contributed by atoms with Gasteiger partial charge >= 0.3 is 0 Å². The van der Waals surface area contributed by atoms with Crippen LogP contribution in [0, 0.1) is 6.92 Å². The summed E-state index contributed by atoms with van der Waals surface area (Å²) in [5.41, 5.74) is 8.56. The van der Waals surface area contributed by atoms with Crippen molar-refractivity contribution < 1.29 is 4.42 Å². The van der Waals surface area contributed by atoms with Gasteiger partial charge in [-0.05, 0) is 31.5 Å². The van der Waals surface area contributed by atoms with Crippen LogP contribution in [0.25, 0.3) is 11.1 Å². The van der Waals surface area contributed by atoms with Crippen LogP contribution in [0.2, 0.25) is 0 Å². The summed E-state index contributed by atoms with van der Waals surface area (Å²) >= 11 is 0. The molecule has 1 aromatic heterocycles. The molecule has 0 saturated heterocycles. The normalized spacial score (nSPS) is 12.2. The Kier molecular flexibility index (Phi) is 3.17. The lowest BCUT2D eigenvalue weighted by Crippen LogP contribution is -2.45. The molecule has 1 heterocycles. The number of rotatable bonds is 4. The maximum Gasteiger partial charge on any atom is 0.192 e. The topological polar surface area (TPSA) is 64.1 Å². The van der Waals surface area contributed by atoms with Crippen molar-refractivity contribution in [2.45, 2.75) is 32.9 Å². The van der Waals surface area contributed by atoms with E-state index in [2.05, 4.69) is 24.1 Å². The molecule has 0 bridgehead atoms. The highest BCUT2D eigenvalue weighted by Crippen LogP contribution is 2.17. The van der Waals surface area contributed by atoms with Crippen molar-refractivity contribution in [3.63, 3.8) is 0 Å². The third kappa shape index (κ3) is 2.84. The third-order valence-electron chi connectivity index (χ3n) is 2.84. The number of nitrogens with zero attached hydrogens (tertiary/aromatic N) is 1. The second kappa shape index (κ2) is 4.47. The molecular weight excluding hydrogens is 214 g/mol. The zero-order valence-corrected chi connectivity index (χ0v) is 10.6. The second-order valence-corrected chi connectivity index (χ2v) is 4.98. The largest absolute Gasteiger partial charge is 0.441 e. The smallest absolute Gasteiger partial charge is 0.192 e. The number of oxazole rings is 1. The quantitative estimate of drug-likeness (QED) is 0.847. The number of hydrogen-bond acceptors (Lipinski definition) is 4. The van der Waals surface area contributed by atoms with Gasteiger partial charge in [-0.1, -0.05) is 6.07 Å². The first-order valence-electron chi connectivity index (χ1n) is 5.81. The van der Waals surface area contributed by atoms with Gasteiger partial charge in [-0.2, -0.15) is 0 Å². The highest BCUT2D eigenvalue weighted by molar-refractivity contribution is 5.73. The fourth-order valence-corrected chi connectivity index (χ4v) is 1.61. The highest BCUT2D eigenvalue weighted by atomic mass is 16.3. The molecule has 4 nitrogen and oxygen atoms in total. The zero-order chi connectivity index (χ0) is 12.5. The van der Waals surface area contributed by atoms with Crippen LogP contribution in [-0.2, 0) is 6.54 Å². The Balaban J connectivity index is 2.14. The van der Waals surface area contributed by atoms with Gasteiger partial charge in [0.1, 0.15) is 5.52 Å². The van der Waals surface area contributed by atoms with E-state index < -0.39 is 0 Å². The fourth-order valence-electron chi connectivity index (χ4n) is 1.61. The Bertz CT molecular complexity index is 516. The average Bonchev–Trinajstić information content (AvgIpc) is 2.66. The number of nitrogens with one attached hydrogen (secondary N) is 1. The van der Waals surface area contributed by atoms with Crippen molar-refractivity contribution in [2.24, 2.45) is 5.73 Å². The Morgan fingerprint density at radius 1 is 1.41 bits per heavy atom. The molecule has 0 saturated carbocycles. The van der Waals surface area contributed by atoms with E-state index in [1.807, 2.05) is 25.1 Å². The minimum absolute atomic E-state index is 0.0469. The summed E-state index contributed by atoms with van der Waals surface area (Å²) in [7, 11) is 0. The Morgan fingerprint density at radius 2 is 2.18 bits per heavy atom. The Morgan fingerprint density at radius 3 is 2.88 bits per heavy atom. The van der Waals surface area contributed by atoms with Crippen molar-refractivity contribution in [1.29, 1.82) is 0 Å². The van der Waals surface area contributed by atoms with E-state index in [1.165, 1.54) is 5.56 Å². The van der Waals surface area contributed by atoms with Crippen molar-refractivity contribution in [3.05, 3.63) is 29.7 Å². The van der Waals surface area contributed by atoms with Gasteiger partial charge < -0.3 is 15.5 Å². The van der Waals surface area contributed by atoms with Gasteiger partial charge in [0, 0.05) is 25.6 Å². The van der Waals surface area contributed by atoms with Crippen molar-refractivity contribution in [3.8, 4) is 0 Å². The van der Waals surface area contributed by atoms with Crippen LogP contribution in [-0.4, -0.2) is 17.1 Å². The van der Waals surface area contributed by atoms with Crippen LogP contribution in [0.3, 0.4) is 0 Å². The molecule has 0 aliphatic carbocycles. The van der Waals surface area contributed by atoms with Gasteiger partial charge in [0.15, 0.2) is 11.5 Å². The highest BCUT2D eigenvalue weighted by Gasteiger charge is 2.14. The maximum absolute atomic E-state index is 5.67. The Hall–Kier alpha value is -1.39. The Labute approximate surface area is 101 Å². The molecule has 0 spiro atoms. The van der Waals surface area contributed by atoms with E-state index in [1.54, 1.807) is 0 Å². The van der Waals surface area contributed by atoms with Gasteiger partial charge in [-0.25, -0.2) is 4.98 Å². The van der Waals surface area contributed by atoms with Gasteiger partial charge in [0.2, 0.25) is 0 Å². The van der Waals surface area contributed by atoms with Crippen molar-refractivity contribution in [1.82, 2.24) is 10.3 Å². The van der Waals surface area contributed by atoms with Crippen molar-refractivity contribution in [2.75, 3.05) is 6.54 Å². The lowest BCUT2D eigenvalue weighted by atomic mass is 10.1. The van der Waals surface area contributed by atoms with E-state index in [9.17, 15) is 0 Å². The van der Waals surface area contributed by atoms with Gasteiger partial charge in [0.25, 0.3) is 0 Å². The molecule has 0 atom stereocenters.